The Balaban J connectivity index is 2.09. The van der Waals surface area contributed by atoms with E-state index in [9.17, 15) is 9.90 Å². The Morgan fingerprint density at radius 1 is 1.19 bits per heavy atom. The third-order valence-corrected chi connectivity index (χ3v) is 6.89. The number of carbonyl (C=O) groups is 1. The number of aliphatic hydroxyl groups excluding tert-OH is 1. The van der Waals surface area contributed by atoms with Crippen molar-refractivity contribution >= 4 is 11.7 Å². The second kappa shape index (κ2) is 9.37. The molecular weight excluding hydrogens is 388 g/mol. The van der Waals surface area contributed by atoms with Crippen LogP contribution in [0.25, 0.3) is 0 Å². The third-order valence-electron chi connectivity index (χ3n) is 6.89. The Bertz CT molecular complexity index is 832. The summed E-state index contributed by atoms with van der Waals surface area (Å²) in [4.78, 5) is 14.5. The topological polar surface area (TPSA) is 75.8 Å². The molecule has 1 atom stereocenters. The normalized spacial score (nSPS) is 22.8. The number of aliphatic hydroxyl groups is 1. The number of benzene rings is 1. The van der Waals surface area contributed by atoms with Crippen molar-refractivity contribution in [3.05, 3.63) is 53.5 Å². The zero-order valence-corrected chi connectivity index (χ0v) is 19.5. The van der Waals surface area contributed by atoms with E-state index in [2.05, 4.69) is 20.8 Å². The van der Waals surface area contributed by atoms with Crippen molar-refractivity contribution in [3.63, 3.8) is 0 Å². The smallest absolute Gasteiger partial charge is 0.320 e. The molecule has 3 N–H and O–H groups in total. The number of rotatable bonds is 6. The van der Waals surface area contributed by atoms with E-state index in [0.717, 1.165) is 12.0 Å². The summed E-state index contributed by atoms with van der Waals surface area (Å²) in [5.41, 5.74) is 6.45. The van der Waals surface area contributed by atoms with Gasteiger partial charge in [-0.25, -0.2) is 4.79 Å². The van der Waals surface area contributed by atoms with Gasteiger partial charge in [-0.05, 0) is 48.0 Å². The number of carbonyl (C=O) groups excluding carboxylic acids is 1. The third kappa shape index (κ3) is 4.91. The Morgan fingerprint density at radius 3 is 2.39 bits per heavy atom. The second-order valence-corrected chi connectivity index (χ2v) is 10.1. The zero-order chi connectivity index (χ0) is 22.6. The first kappa shape index (κ1) is 23.2. The molecule has 0 aromatic heterocycles. The van der Waals surface area contributed by atoms with Crippen molar-refractivity contribution in [1.82, 2.24) is 0 Å². The molecule has 1 aromatic carbocycles. The number of nitrogens with two attached hydrogens (primary N) is 1. The van der Waals surface area contributed by atoms with Gasteiger partial charge in [0.2, 0.25) is 0 Å². The molecule has 0 radical (unpaired) electrons. The average molecular weight is 427 g/mol. The summed E-state index contributed by atoms with van der Waals surface area (Å²) >= 11 is 0. The number of hydrogen-bond donors (Lipinski definition) is 2. The molecule has 0 bridgehead atoms. The summed E-state index contributed by atoms with van der Waals surface area (Å²) in [5.74, 6) is 1.62. The molecule has 0 saturated heterocycles. The van der Waals surface area contributed by atoms with Crippen LogP contribution in [-0.2, 0) is 4.74 Å². The highest BCUT2D eigenvalue weighted by atomic mass is 16.5. The Kier molecular flexibility index (Phi) is 7.03. The van der Waals surface area contributed by atoms with Crippen molar-refractivity contribution in [2.75, 3.05) is 12.0 Å². The number of anilines is 1. The van der Waals surface area contributed by atoms with Gasteiger partial charge in [0.1, 0.15) is 11.3 Å². The maximum Gasteiger partial charge on any atom is 0.320 e. The number of urea groups is 1. The Morgan fingerprint density at radius 2 is 1.84 bits per heavy atom. The highest BCUT2D eigenvalue weighted by Crippen LogP contribution is 2.47. The number of para-hydroxylation sites is 1. The van der Waals surface area contributed by atoms with Gasteiger partial charge in [-0.15, -0.1) is 0 Å². The molecule has 170 valence electrons. The number of allylic oxidation sites excluding steroid dienone is 2. The van der Waals surface area contributed by atoms with Crippen LogP contribution in [0.4, 0.5) is 10.5 Å². The number of methoxy groups -OCH3 is 1. The largest absolute Gasteiger partial charge is 0.512 e. The van der Waals surface area contributed by atoms with Gasteiger partial charge in [-0.1, -0.05) is 71.1 Å². The van der Waals surface area contributed by atoms with Crippen molar-refractivity contribution in [3.8, 4) is 0 Å². The quantitative estimate of drug-likeness (QED) is 0.548. The minimum atomic E-state index is -0.849. The van der Waals surface area contributed by atoms with Gasteiger partial charge < -0.3 is 15.6 Å². The van der Waals surface area contributed by atoms with Crippen molar-refractivity contribution in [2.45, 2.75) is 77.7 Å². The van der Waals surface area contributed by atoms with Gasteiger partial charge in [-0.2, -0.15) is 0 Å². The van der Waals surface area contributed by atoms with Crippen molar-refractivity contribution < 1.29 is 14.6 Å². The van der Waals surface area contributed by atoms with E-state index in [1.165, 1.54) is 32.1 Å². The lowest BCUT2D eigenvalue weighted by atomic mass is 9.72. The molecule has 0 heterocycles. The molecular formula is C26H38N2O3. The summed E-state index contributed by atoms with van der Waals surface area (Å²) in [6.07, 6.45) is 10.2. The van der Waals surface area contributed by atoms with E-state index in [-0.39, 0.29) is 5.41 Å². The monoisotopic (exact) mass is 426 g/mol. The van der Waals surface area contributed by atoms with Gasteiger partial charge >= 0.3 is 6.03 Å². The molecule has 0 aliphatic heterocycles. The minimum absolute atomic E-state index is 0.242. The molecule has 5 nitrogen and oxygen atoms in total. The maximum atomic E-state index is 12.9. The van der Waals surface area contributed by atoms with Crippen LogP contribution >= 0.6 is 0 Å². The van der Waals surface area contributed by atoms with E-state index in [0.29, 0.717) is 36.0 Å². The lowest BCUT2D eigenvalue weighted by Crippen LogP contribution is -2.57. The highest BCUT2D eigenvalue weighted by molar-refractivity contribution is 5.93. The van der Waals surface area contributed by atoms with Crippen LogP contribution < -0.4 is 10.6 Å². The number of hydrogen-bond acceptors (Lipinski definition) is 3. The van der Waals surface area contributed by atoms with Crippen molar-refractivity contribution in [1.29, 1.82) is 0 Å². The standard InChI is InChI=1S/C26H38N2O3/c1-25(2,3)21-17-23(31-4)26(18-22(21)29,16-15-19-11-7-5-8-12-19)28(24(27)30)20-13-9-6-10-14-20/h6,9-10,13-14,17,19,29H,5,7-8,11-12,15-16,18H2,1-4H3,(H2,27,30). The number of nitrogens with zero attached hydrogens (tertiary/aromatic N) is 1. The first-order valence-corrected chi connectivity index (χ1v) is 11.5. The van der Waals surface area contributed by atoms with Crippen LogP contribution in [-0.4, -0.2) is 23.8 Å². The van der Waals surface area contributed by atoms with Crippen LogP contribution in [0.1, 0.15) is 72.1 Å². The molecule has 1 unspecified atom stereocenters. The molecule has 1 fully saturated rings. The van der Waals surface area contributed by atoms with E-state index in [4.69, 9.17) is 10.5 Å². The van der Waals surface area contributed by atoms with Gasteiger partial charge in [0.05, 0.1) is 12.9 Å². The van der Waals surface area contributed by atoms with Crippen LogP contribution in [0, 0.1) is 11.3 Å². The van der Waals surface area contributed by atoms with E-state index in [1.807, 2.05) is 36.4 Å². The van der Waals surface area contributed by atoms with Gasteiger partial charge in [-0.3, -0.25) is 4.90 Å². The predicted molar refractivity (Wildman–Crippen MR) is 126 cm³/mol. The zero-order valence-electron chi connectivity index (χ0n) is 19.5. The van der Waals surface area contributed by atoms with Gasteiger partial charge in [0.25, 0.3) is 0 Å². The molecule has 2 aliphatic rings. The summed E-state index contributed by atoms with van der Waals surface area (Å²) < 4.78 is 5.94. The van der Waals surface area contributed by atoms with Crippen LogP contribution in [0.5, 0.6) is 0 Å². The number of ether oxygens (including phenoxy) is 1. The lowest BCUT2D eigenvalue weighted by Gasteiger charge is -2.47. The SMILES string of the molecule is COC1=CC(C(C)(C)C)=C(O)CC1(CCC1CCCCC1)N(C(N)=O)c1ccccc1. The lowest BCUT2D eigenvalue weighted by molar-refractivity contribution is 0.169. The van der Waals surface area contributed by atoms with Gasteiger partial charge in [0, 0.05) is 12.1 Å². The number of amides is 2. The minimum Gasteiger partial charge on any atom is -0.512 e. The first-order chi connectivity index (χ1) is 14.7. The van der Waals surface area contributed by atoms with E-state index < -0.39 is 11.6 Å². The fourth-order valence-electron chi connectivity index (χ4n) is 5.30. The van der Waals surface area contributed by atoms with Crippen molar-refractivity contribution in [2.24, 2.45) is 17.1 Å². The van der Waals surface area contributed by atoms with Crippen LogP contribution in [0.15, 0.2) is 53.5 Å². The molecule has 1 aromatic rings. The Hall–Kier alpha value is -2.43. The highest BCUT2D eigenvalue weighted by Gasteiger charge is 2.48. The summed E-state index contributed by atoms with van der Waals surface area (Å²) in [5, 5.41) is 11.2. The molecule has 2 aliphatic carbocycles. The number of primary amides is 1. The van der Waals surface area contributed by atoms with Gasteiger partial charge in [0.15, 0.2) is 0 Å². The van der Waals surface area contributed by atoms with E-state index >= 15 is 0 Å². The second-order valence-electron chi connectivity index (χ2n) is 10.1. The molecule has 31 heavy (non-hydrogen) atoms. The molecule has 0 spiro atoms. The fraction of sp³-hybridized carbons (Fsp3) is 0.577. The molecule has 3 rings (SSSR count). The molecule has 1 saturated carbocycles. The van der Waals surface area contributed by atoms with Crippen LogP contribution in [0.3, 0.4) is 0 Å². The average Bonchev–Trinajstić information content (AvgIpc) is 2.73. The fourth-order valence-corrected chi connectivity index (χ4v) is 5.30. The summed E-state index contributed by atoms with van der Waals surface area (Å²) in [6, 6.07) is 8.95. The Labute approximate surface area is 187 Å². The summed E-state index contributed by atoms with van der Waals surface area (Å²) in [7, 11) is 1.65. The van der Waals surface area contributed by atoms with E-state index in [1.54, 1.807) is 12.0 Å². The molecule has 2 amide bonds. The summed E-state index contributed by atoms with van der Waals surface area (Å²) in [6.45, 7) is 6.21. The predicted octanol–water partition coefficient (Wildman–Crippen LogP) is 6.46. The molecule has 5 heteroatoms. The van der Waals surface area contributed by atoms with Crippen LogP contribution in [0.2, 0.25) is 0 Å². The first-order valence-electron chi connectivity index (χ1n) is 11.5. The maximum absolute atomic E-state index is 12.9.